The molecule has 28 heavy (non-hydrogen) atoms. The molecule has 3 aromatic rings. The van der Waals surface area contributed by atoms with E-state index in [-0.39, 0.29) is 5.91 Å². The normalized spacial score (nSPS) is 10.4. The molecule has 0 unspecified atom stereocenters. The molecule has 0 saturated heterocycles. The van der Waals surface area contributed by atoms with Gasteiger partial charge in [0.15, 0.2) is 0 Å². The second-order valence-electron chi connectivity index (χ2n) is 6.10. The van der Waals surface area contributed by atoms with Gasteiger partial charge in [0.25, 0.3) is 5.91 Å². The zero-order valence-electron chi connectivity index (χ0n) is 15.5. The Morgan fingerprint density at radius 3 is 2.54 bits per heavy atom. The number of carbonyl (C=O) groups excluding carboxylic acids is 1. The SMILES string of the molecule is C=C(NNC(=O)c1cc(-c2ccc(OCCC)cc2)n[nH]1)c1ccc(Br)cc1. The molecule has 0 fully saturated rings. The number of nitrogens with one attached hydrogen (secondary N) is 3. The van der Waals surface area contributed by atoms with E-state index in [1.54, 1.807) is 6.07 Å². The van der Waals surface area contributed by atoms with Crippen molar-refractivity contribution in [1.82, 2.24) is 21.0 Å². The number of aromatic nitrogens is 2. The largest absolute Gasteiger partial charge is 0.494 e. The number of hydrogen-bond donors (Lipinski definition) is 3. The van der Waals surface area contributed by atoms with Gasteiger partial charge in [-0.15, -0.1) is 0 Å². The fourth-order valence-electron chi connectivity index (χ4n) is 2.45. The van der Waals surface area contributed by atoms with Crippen molar-refractivity contribution in [3.63, 3.8) is 0 Å². The Kier molecular flexibility index (Phi) is 6.49. The first-order valence-electron chi connectivity index (χ1n) is 8.86. The molecular formula is C21H21BrN4O2. The molecule has 0 atom stereocenters. The van der Waals surface area contributed by atoms with Crippen LogP contribution in [0.25, 0.3) is 17.0 Å². The topological polar surface area (TPSA) is 79.0 Å². The lowest BCUT2D eigenvalue weighted by atomic mass is 10.1. The van der Waals surface area contributed by atoms with Crippen LogP contribution in [0.2, 0.25) is 0 Å². The third-order valence-electron chi connectivity index (χ3n) is 3.97. The van der Waals surface area contributed by atoms with Gasteiger partial charge < -0.3 is 4.74 Å². The van der Waals surface area contributed by atoms with Crippen molar-refractivity contribution in [3.8, 4) is 17.0 Å². The van der Waals surface area contributed by atoms with Crippen LogP contribution in [0, 0.1) is 0 Å². The van der Waals surface area contributed by atoms with Crippen molar-refractivity contribution in [2.24, 2.45) is 0 Å². The predicted octanol–water partition coefficient (Wildman–Crippen LogP) is 4.53. The highest BCUT2D eigenvalue weighted by Crippen LogP contribution is 2.21. The molecular weight excluding hydrogens is 420 g/mol. The maximum atomic E-state index is 12.3. The first kappa shape index (κ1) is 19.7. The molecule has 0 spiro atoms. The average molecular weight is 441 g/mol. The zero-order valence-corrected chi connectivity index (χ0v) is 17.0. The summed E-state index contributed by atoms with van der Waals surface area (Å²) in [6.07, 6.45) is 0.960. The quantitative estimate of drug-likeness (QED) is 0.449. The number of hydrazine groups is 1. The summed E-state index contributed by atoms with van der Waals surface area (Å²) in [5.41, 5.74) is 8.82. The summed E-state index contributed by atoms with van der Waals surface area (Å²) in [7, 11) is 0. The summed E-state index contributed by atoms with van der Waals surface area (Å²) in [4.78, 5) is 12.3. The molecule has 0 aliphatic heterocycles. The van der Waals surface area contributed by atoms with Crippen molar-refractivity contribution in [3.05, 3.63) is 76.9 Å². The van der Waals surface area contributed by atoms with Gasteiger partial charge in [0, 0.05) is 10.0 Å². The predicted molar refractivity (Wildman–Crippen MR) is 114 cm³/mol. The van der Waals surface area contributed by atoms with E-state index < -0.39 is 0 Å². The zero-order chi connectivity index (χ0) is 19.9. The first-order valence-corrected chi connectivity index (χ1v) is 9.66. The van der Waals surface area contributed by atoms with Gasteiger partial charge in [0.05, 0.1) is 18.0 Å². The lowest BCUT2D eigenvalue weighted by Gasteiger charge is -2.10. The molecule has 0 radical (unpaired) electrons. The van der Waals surface area contributed by atoms with Crippen LogP contribution in [0.3, 0.4) is 0 Å². The van der Waals surface area contributed by atoms with Gasteiger partial charge in [-0.25, -0.2) is 0 Å². The van der Waals surface area contributed by atoms with Gasteiger partial charge in [0.2, 0.25) is 0 Å². The average Bonchev–Trinajstić information content (AvgIpc) is 3.21. The molecule has 1 amide bonds. The van der Waals surface area contributed by atoms with Crippen LogP contribution in [0.1, 0.15) is 29.4 Å². The van der Waals surface area contributed by atoms with E-state index in [1.165, 1.54) is 0 Å². The van der Waals surface area contributed by atoms with Crippen molar-refractivity contribution < 1.29 is 9.53 Å². The fraction of sp³-hybridized carbons (Fsp3) is 0.143. The number of amides is 1. The van der Waals surface area contributed by atoms with Gasteiger partial charge in [-0.1, -0.05) is 41.6 Å². The highest BCUT2D eigenvalue weighted by molar-refractivity contribution is 9.10. The Morgan fingerprint density at radius 1 is 1.14 bits per heavy atom. The Balaban J connectivity index is 1.59. The molecule has 0 bridgehead atoms. The van der Waals surface area contributed by atoms with Crippen molar-refractivity contribution >= 4 is 27.5 Å². The summed E-state index contributed by atoms with van der Waals surface area (Å²) >= 11 is 3.39. The molecule has 0 aliphatic carbocycles. The minimum absolute atomic E-state index is 0.333. The fourth-order valence-corrected chi connectivity index (χ4v) is 2.71. The van der Waals surface area contributed by atoms with Crippen LogP contribution in [-0.4, -0.2) is 22.7 Å². The number of halogens is 1. The van der Waals surface area contributed by atoms with E-state index in [0.717, 1.165) is 27.8 Å². The minimum Gasteiger partial charge on any atom is -0.494 e. The van der Waals surface area contributed by atoms with E-state index in [0.29, 0.717) is 23.7 Å². The molecule has 3 rings (SSSR count). The lowest BCUT2D eigenvalue weighted by molar-refractivity contribution is 0.0937. The second-order valence-corrected chi connectivity index (χ2v) is 7.02. The molecule has 2 aromatic carbocycles. The lowest BCUT2D eigenvalue weighted by Crippen LogP contribution is -2.36. The summed E-state index contributed by atoms with van der Waals surface area (Å²) in [6, 6.07) is 16.9. The van der Waals surface area contributed by atoms with E-state index in [4.69, 9.17) is 4.74 Å². The smallest absolute Gasteiger partial charge is 0.287 e. The number of H-pyrrole nitrogens is 1. The molecule has 1 heterocycles. The maximum Gasteiger partial charge on any atom is 0.287 e. The van der Waals surface area contributed by atoms with Gasteiger partial charge in [-0.3, -0.25) is 20.7 Å². The number of ether oxygens (including phenoxy) is 1. The maximum absolute atomic E-state index is 12.3. The van der Waals surface area contributed by atoms with E-state index in [2.05, 4.69) is 50.5 Å². The van der Waals surface area contributed by atoms with Crippen LogP contribution < -0.4 is 15.6 Å². The van der Waals surface area contributed by atoms with E-state index >= 15 is 0 Å². The number of benzene rings is 2. The Labute approximate surface area is 172 Å². The number of rotatable bonds is 8. The summed E-state index contributed by atoms with van der Waals surface area (Å²) in [6.45, 7) is 6.67. The Morgan fingerprint density at radius 2 is 1.86 bits per heavy atom. The molecule has 3 N–H and O–H groups in total. The van der Waals surface area contributed by atoms with Gasteiger partial charge in [-0.2, -0.15) is 5.10 Å². The van der Waals surface area contributed by atoms with Crippen LogP contribution >= 0.6 is 15.9 Å². The van der Waals surface area contributed by atoms with Crippen LogP contribution in [-0.2, 0) is 0 Å². The molecule has 144 valence electrons. The molecule has 7 heteroatoms. The first-order chi connectivity index (χ1) is 13.6. The third kappa shape index (κ3) is 5.01. The molecule has 6 nitrogen and oxygen atoms in total. The van der Waals surface area contributed by atoms with Crippen LogP contribution in [0.4, 0.5) is 0 Å². The van der Waals surface area contributed by atoms with E-state index in [9.17, 15) is 4.79 Å². The van der Waals surface area contributed by atoms with Crippen molar-refractivity contribution in [2.45, 2.75) is 13.3 Å². The number of aromatic amines is 1. The Hall–Kier alpha value is -3.06. The number of hydrogen-bond acceptors (Lipinski definition) is 4. The number of carbonyl (C=O) groups is 1. The van der Waals surface area contributed by atoms with Crippen LogP contribution in [0.15, 0.2) is 65.6 Å². The number of nitrogens with zero attached hydrogens (tertiary/aromatic N) is 1. The molecule has 0 saturated carbocycles. The highest BCUT2D eigenvalue weighted by atomic mass is 79.9. The second kappa shape index (κ2) is 9.23. The molecule has 0 aliphatic rings. The van der Waals surface area contributed by atoms with Gasteiger partial charge in [-0.05, 0) is 54.4 Å². The van der Waals surface area contributed by atoms with E-state index in [1.807, 2.05) is 48.5 Å². The van der Waals surface area contributed by atoms with Crippen molar-refractivity contribution in [2.75, 3.05) is 6.61 Å². The Bertz CT molecular complexity index is 949. The van der Waals surface area contributed by atoms with Gasteiger partial charge in [0.1, 0.15) is 11.4 Å². The summed E-state index contributed by atoms with van der Waals surface area (Å²) < 4.78 is 6.55. The third-order valence-corrected chi connectivity index (χ3v) is 4.49. The van der Waals surface area contributed by atoms with Crippen LogP contribution in [0.5, 0.6) is 5.75 Å². The highest BCUT2D eigenvalue weighted by Gasteiger charge is 2.11. The standard InChI is InChI=1S/C21H21BrN4O2/c1-3-12-28-18-10-6-16(7-11-18)19-13-20(25-24-19)21(27)26-23-14(2)15-4-8-17(22)9-5-15/h4-11,13,23H,2-3,12H2,1H3,(H,24,25)(H,26,27). The van der Waals surface area contributed by atoms with Crippen molar-refractivity contribution in [1.29, 1.82) is 0 Å². The minimum atomic E-state index is -0.333. The van der Waals surface area contributed by atoms with Gasteiger partial charge >= 0.3 is 0 Å². The monoisotopic (exact) mass is 440 g/mol. The summed E-state index contributed by atoms with van der Waals surface area (Å²) in [5.74, 6) is 0.481. The molecule has 1 aromatic heterocycles. The summed E-state index contributed by atoms with van der Waals surface area (Å²) in [5, 5.41) is 6.97.